The topological polar surface area (TPSA) is 37.8 Å². The van der Waals surface area contributed by atoms with Crippen molar-refractivity contribution >= 4 is 0 Å². The summed E-state index contributed by atoms with van der Waals surface area (Å²) in [4.78, 5) is 8.61. The minimum absolute atomic E-state index is 0.272. The Labute approximate surface area is 116 Å². The third kappa shape index (κ3) is 1.99. The summed E-state index contributed by atoms with van der Waals surface area (Å²) >= 11 is 0. The second-order valence-corrected chi connectivity index (χ2v) is 7.37. The van der Waals surface area contributed by atoms with Gasteiger partial charge in [0.2, 0.25) is 0 Å². The minimum atomic E-state index is 0.272. The lowest BCUT2D eigenvalue weighted by molar-refractivity contribution is 0.0997. The average molecular weight is 259 g/mol. The molecular formula is C16H25N3. The van der Waals surface area contributed by atoms with E-state index < -0.39 is 0 Å². The molecule has 2 aliphatic rings. The molecule has 0 aromatic carbocycles. The maximum Gasteiger partial charge on any atom is 0.0753 e. The van der Waals surface area contributed by atoms with Crippen molar-refractivity contribution in [2.24, 2.45) is 16.7 Å². The van der Waals surface area contributed by atoms with Gasteiger partial charge in [0.25, 0.3) is 0 Å². The molecule has 0 spiro atoms. The van der Waals surface area contributed by atoms with E-state index in [0.29, 0.717) is 16.9 Å². The number of hydrogen-bond donors (Lipinski definition) is 1. The van der Waals surface area contributed by atoms with E-state index >= 15 is 0 Å². The summed E-state index contributed by atoms with van der Waals surface area (Å²) < 4.78 is 0. The van der Waals surface area contributed by atoms with E-state index in [9.17, 15) is 0 Å². The van der Waals surface area contributed by atoms with Gasteiger partial charge in [-0.25, -0.2) is 0 Å². The fourth-order valence-corrected chi connectivity index (χ4v) is 4.59. The van der Waals surface area contributed by atoms with Gasteiger partial charge in [0.15, 0.2) is 0 Å². The average Bonchev–Trinajstić information content (AvgIpc) is 2.87. The van der Waals surface area contributed by atoms with Gasteiger partial charge in [-0.05, 0) is 42.9 Å². The third-order valence-corrected chi connectivity index (χ3v) is 5.71. The lowest BCUT2D eigenvalue weighted by atomic mass is 9.68. The molecule has 19 heavy (non-hydrogen) atoms. The Hall–Kier alpha value is -0.960. The molecule has 0 saturated heterocycles. The highest BCUT2D eigenvalue weighted by Gasteiger charge is 2.59. The Morgan fingerprint density at radius 3 is 2.68 bits per heavy atom. The van der Waals surface area contributed by atoms with Crippen LogP contribution in [0.5, 0.6) is 0 Å². The summed E-state index contributed by atoms with van der Waals surface area (Å²) in [6, 6.07) is 0.852. The Balaban J connectivity index is 1.80. The molecular weight excluding hydrogens is 234 g/mol. The second-order valence-electron chi connectivity index (χ2n) is 7.37. The molecule has 1 N–H and O–H groups in total. The molecule has 2 fully saturated rings. The zero-order chi connectivity index (χ0) is 13.7. The lowest BCUT2D eigenvalue weighted by Crippen LogP contribution is -2.51. The molecule has 4 unspecified atom stereocenters. The molecule has 4 atom stereocenters. The predicted molar refractivity (Wildman–Crippen MR) is 76.6 cm³/mol. The van der Waals surface area contributed by atoms with Crippen LogP contribution in [-0.4, -0.2) is 16.0 Å². The predicted octanol–water partition coefficient (Wildman–Crippen LogP) is 3.34. The monoisotopic (exact) mass is 259 g/mol. The highest BCUT2D eigenvalue weighted by molar-refractivity contribution is 5.14. The maximum absolute atomic E-state index is 4.43. The van der Waals surface area contributed by atoms with Crippen molar-refractivity contribution in [3.05, 3.63) is 24.3 Å². The molecule has 2 saturated carbocycles. The molecule has 1 heterocycles. The number of hydrogen-bond acceptors (Lipinski definition) is 3. The largest absolute Gasteiger partial charge is 0.305 e. The van der Waals surface area contributed by atoms with Crippen LogP contribution in [0.4, 0.5) is 0 Å². The van der Waals surface area contributed by atoms with Crippen LogP contribution < -0.4 is 5.32 Å². The van der Waals surface area contributed by atoms with Gasteiger partial charge < -0.3 is 5.32 Å². The minimum Gasteiger partial charge on any atom is -0.305 e. The summed E-state index contributed by atoms with van der Waals surface area (Å²) in [6.07, 6.45) is 9.54. The number of nitrogens with zero attached hydrogens (tertiary/aromatic N) is 2. The molecule has 3 rings (SSSR count). The number of aromatic nitrogens is 2. The Morgan fingerprint density at radius 2 is 2.11 bits per heavy atom. The first-order chi connectivity index (χ1) is 8.93. The van der Waals surface area contributed by atoms with Crippen molar-refractivity contribution in [1.82, 2.24) is 15.3 Å². The van der Waals surface area contributed by atoms with Gasteiger partial charge in [-0.15, -0.1) is 0 Å². The van der Waals surface area contributed by atoms with Crippen molar-refractivity contribution in [2.75, 3.05) is 0 Å². The zero-order valence-corrected chi connectivity index (χ0v) is 12.5. The molecule has 0 aliphatic heterocycles. The molecule has 0 radical (unpaired) electrons. The van der Waals surface area contributed by atoms with Crippen LogP contribution in [0.1, 0.15) is 58.7 Å². The number of rotatable bonds is 3. The summed E-state index contributed by atoms with van der Waals surface area (Å²) in [5, 5.41) is 3.85. The van der Waals surface area contributed by atoms with Gasteiger partial charge in [-0.3, -0.25) is 9.97 Å². The van der Waals surface area contributed by atoms with Gasteiger partial charge in [-0.1, -0.05) is 20.8 Å². The van der Waals surface area contributed by atoms with E-state index in [-0.39, 0.29) is 6.04 Å². The fourth-order valence-electron chi connectivity index (χ4n) is 4.59. The highest BCUT2D eigenvalue weighted by Crippen LogP contribution is 2.62. The van der Waals surface area contributed by atoms with Gasteiger partial charge in [0.05, 0.1) is 5.69 Å². The van der Waals surface area contributed by atoms with Crippen LogP contribution in [0, 0.1) is 16.7 Å². The third-order valence-electron chi connectivity index (χ3n) is 5.71. The Bertz CT molecular complexity index is 452. The molecule has 3 heteroatoms. The molecule has 1 aromatic heterocycles. The quantitative estimate of drug-likeness (QED) is 0.904. The van der Waals surface area contributed by atoms with Crippen molar-refractivity contribution in [2.45, 2.75) is 59.0 Å². The first-order valence-electron chi connectivity index (χ1n) is 7.45. The lowest BCUT2D eigenvalue weighted by Gasteiger charge is -2.44. The molecule has 104 valence electrons. The van der Waals surface area contributed by atoms with Gasteiger partial charge in [0.1, 0.15) is 0 Å². The molecule has 1 aromatic rings. The van der Waals surface area contributed by atoms with Crippen LogP contribution in [0.15, 0.2) is 18.6 Å². The second kappa shape index (κ2) is 4.27. The maximum atomic E-state index is 4.43. The summed E-state index contributed by atoms with van der Waals surface area (Å²) in [5.74, 6) is 0.879. The molecule has 2 bridgehead atoms. The zero-order valence-electron chi connectivity index (χ0n) is 12.5. The molecule has 0 amide bonds. The molecule has 2 aliphatic carbocycles. The van der Waals surface area contributed by atoms with E-state index in [0.717, 1.165) is 11.6 Å². The molecule has 3 nitrogen and oxygen atoms in total. The summed E-state index contributed by atoms with van der Waals surface area (Å²) in [7, 11) is 0. The van der Waals surface area contributed by atoms with E-state index in [2.05, 4.69) is 43.0 Å². The summed E-state index contributed by atoms with van der Waals surface area (Å²) in [5.41, 5.74) is 1.90. The Morgan fingerprint density at radius 1 is 1.32 bits per heavy atom. The van der Waals surface area contributed by atoms with Crippen molar-refractivity contribution in [1.29, 1.82) is 0 Å². The van der Waals surface area contributed by atoms with Crippen LogP contribution in [0.3, 0.4) is 0 Å². The van der Waals surface area contributed by atoms with Crippen LogP contribution in [-0.2, 0) is 0 Å². The van der Waals surface area contributed by atoms with Crippen molar-refractivity contribution < 1.29 is 0 Å². The fraction of sp³-hybridized carbons (Fsp3) is 0.750. The number of fused-ring (bicyclic) bond motifs is 2. The van der Waals surface area contributed by atoms with E-state index in [1.807, 2.05) is 6.20 Å². The first kappa shape index (κ1) is 13.0. The van der Waals surface area contributed by atoms with Crippen molar-refractivity contribution in [3.63, 3.8) is 0 Å². The Kier molecular flexibility index (Phi) is 2.93. The highest BCUT2D eigenvalue weighted by atomic mass is 15.0. The number of nitrogens with one attached hydrogen (secondary N) is 1. The first-order valence-corrected chi connectivity index (χ1v) is 7.45. The standard InChI is InChI=1S/C16H25N3/c1-11(13-10-17-7-8-18-13)19-14-15(2,3)12-5-6-16(14,4)9-12/h7-8,10-12,14,19H,5-6,9H2,1-4H3. The normalized spacial score (nSPS) is 37.5. The van der Waals surface area contributed by atoms with E-state index in [4.69, 9.17) is 0 Å². The van der Waals surface area contributed by atoms with Gasteiger partial charge >= 0.3 is 0 Å². The van der Waals surface area contributed by atoms with E-state index in [1.54, 1.807) is 12.4 Å². The smallest absolute Gasteiger partial charge is 0.0753 e. The van der Waals surface area contributed by atoms with Gasteiger partial charge in [-0.2, -0.15) is 0 Å². The van der Waals surface area contributed by atoms with Crippen LogP contribution in [0.2, 0.25) is 0 Å². The van der Waals surface area contributed by atoms with Gasteiger partial charge in [0, 0.05) is 30.7 Å². The van der Waals surface area contributed by atoms with Crippen molar-refractivity contribution in [3.8, 4) is 0 Å². The summed E-state index contributed by atoms with van der Waals surface area (Å²) in [6.45, 7) is 9.53. The van der Waals surface area contributed by atoms with Crippen LogP contribution >= 0.6 is 0 Å². The SMILES string of the molecule is CC(NC1C2(C)CCC(C2)C1(C)C)c1cnccn1. The van der Waals surface area contributed by atoms with Crippen LogP contribution in [0.25, 0.3) is 0 Å². The van der Waals surface area contributed by atoms with E-state index in [1.165, 1.54) is 19.3 Å².